The quantitative estimate of drug-likeness (QED) is 0.770. The number of nitrogens with one attached hydrogen (secondary N) is 1. The third kappa shape index (κ3) is 2.20. The number of fused-ring (bicyclic) bond motifs is 1. The number of hydrogen-bond acceptors (Lipinski definition) is 3. The lowest BCUT2D eigenvalue weighted by molar-refractivity contribution is 0.481. The van der Waals surface area contributed by atoms with Crippen molar-refractivity contribution in [1.29, 1.82) is 0 Å². The summed E-state index contributed by atoms with van der Waals surface area (Å²) in [5.74, 6) is -0.165. The van der Waals surface area contributed by atoms with E-state index in [1.165, 1.54) is 0 Å². The molecule has 0 saturated heterocycles. The second-order valence-electron chi connectivity index (χ2n) is 3.98. The smallest absolute Gasteiger partial charge is 0.296 e. The molecule has 0 spiro atoms. The van der Waals surface area contributed by atoms with Crippen LogP contribution in [0.15, 0.2) is 33.9 Å². The molecule has 1 aromatic carbocycles. The molecule has 4 nitrogen and oxygen atoms in total. The fraction of sp³-hybridized carbons (Fsp3) is 0.231. The normalized spacial score (nSPS) is 10.6. The van der Waals surface area contributed by atoms with Gasteiger partial charge in [-0.1, -0.05) is 19.4 Å². The van der Waals surface area contributed by atoms with E-state index in [2.05, 4.69) is 11.9 Å². The summed E-state index contributed by atoms with van der Waals surface area (Å²) >= 11 is 0. The van der Waals surface area contributed by atoms with Gasteiger partial charge >= 0.3 is 0 Å². The number of rotatable bonds is 2. The van der Waals surface area contributed by atoms with E-state index in [1.807, 2.05) is 6.07 Å². The lowest BCUT2D eigenvalue weighted by Crippen LogP contribution is -2.22. The van der Waals surface area contributed by atoms with Crippen LogP contribution in [0.3, 0.4) is 0 Å². The van der Waals surface area contributed by atoms with Gasteiger partial charge in [-0.25, -0.2) is 0 Å². The van der Waals surface area contributed by atoms with Crippen LogP contribution in [0.2, 0.25) is 0 Å². The largest absolute Gasteiger partial charge is 0.507 e. The molecule has 2 N–H and O–H groups in total. The van der Waals surface area contributed by atoms with Gasteiger partial charge in [-0.2, -0.15) is 0 Å². The highest BCUT2D eigenvalue weighted by Gasteiger charge is 2.03. The summed E-state index contributed by atoms with van der Waals surface area (Å²) in [7, 11) is 0. The molecular formula is C13H13NO3. The van der Waals surface area contributed by atoms with E-state index < -0.39 is 11.0 Å². The minimum atomic E-state index is -0.740. The fourth-order valence-electron chi connectivity index (χ4n) is 1.81. The number of aromatic hydroxyl groups is 1. The fourth-order valence-corrected chi connectivity index (χ4v) is 1.81. The highest BCUT2D eigenvalue weighted by Crippen LogP contribution is 2.21. The lowest BCUT2D eigenvalue weighted by atomic mass is 10.1. The summed E-state index contributed by atoms with van der Waals surface area (Å²) in [6.45, 7) is 2.06. The van der Waals surface area contributed by atoms with Crippen LogP contribution in [0, 0.1) is 0 Å². The van der Waals surface area contributed by atoms with Gasteiger partial charge in [-0.3, -0.25) is 9.59 Å². The molecule has 0 amide bonds. The van der Waals surface area contributed by atoms with Crippen molar-refractivity contribution in [3.05, 3.63) is 50.4 Å². The summed E-state index contributed by atoms with van der Waals surface area (Å²) in [6.07, 6.45) is 1.89. The Balaban J connectivity index is 2.83. The van der Waals surface area contributed by atoms with Crippen LogP contribution in [0.1, 0.15) is 18.9 Å². The van der Waals surface area contributed by atoms with Gasteiger partial charge in [0.05, 0.1) is 5.52 Å². The maximum Gasteiger partial charge on any atom is 0.296 e. The Bertz CT molecular complexity index is 673. The van der Waals surface area contributed by atoms with Gasteiger partial charge in [0.1, 0.15) is 5.75 Å². The van der Waals surface area contributed by atoms with Gasteiger partial charge in [0.2, 0.25) is 5.43 Å². The molecule has 88 valence electrons. The van der Waals surface area contributed by atoms with Crippen molar-refractivity contribution in [1.82, 2.24) is 4.98 Å². The minimum Gasteiger partial charge on any atom is -0.507 e. The predicted octanol–water partition coefficient (Wildman–Crippen LogP) is 1.55. The van der Waals surface area contributed by atoms with Gasteiger partial charge in [-0.05, 0) is 24.1 Å². The first kappa shape index (κ1) is 11.4. The van der Waals surface area contributed by atoms with Gasteiger partial charge in [0.15, 0.2) is 0 Å². The highest BCUT2D eigenvalue weighted by atomic mass is 16.3. The molecule has 1 aromatic heterocycles. The zero-order valence-corrected chi connectivity index (χ0v) is 9.49. The molecular weight excluding hydrogens is 218 g/mol. The average Bonchev–Trinajstić information content (AvgIpc) is 2.39. The SMILES string of the molecule is CCCc1ccc2[nH]c(=O)c(=O)cc(O)c2c1. The van der Waals surface area contributed by atoms with Crippen LogP contribution in [0.5, 0.6) is 5.75 Å². The third-order valence-electron chi connectivity index (χ3n) is 2.64. The molecule has 0 aliphatic rings. The predicted molar refractivity (Wildman–Crippen MR) is 66.5 cm³/mol. The third-order valence-corrected chi connectivity index (χ3v) is 2.64. The van der Waals surface area contributed by atoms with E-state index in [9.17, 15) is 14.7 Å². The number of hydrogen-bond donors (Lipinski definition) is 2. The van der Waals surface area contributed by atoms with Crippen molar-refractivity contribution in [2.75, 3.05) is 0 Å². The molecule has 0 atom stereocenters. The number of aromatic amines is 1. The van der Waals surface area contributed by atoms with Crippen LogP contribution in [-0.2, 0) is 6.42 Å². The molecule has 1 heterocycles. The molecule has 0 saturated carbocycles. The monoisotopic (exact) mass is 231 g/mol. The molecule has 0 aliphatic carbocycles. The first-order chi connectivity index (χ1) is 8.11. The second kappa shape index (κ2) is 4.41. The summed E-state index contributed by atoms with van der Waals surface area (Å²) in [5, 5.41) is 10.3. The Hall–Kier alpha value is -2.10. The summed E-state index contributed by atoms with van der Waals surface area (Å²) < 4.78 is 0. The summed E-state index contributed by atoms with van der Waals surface area (Å²) in [6, 6.07) is 6.34. The zero-order chi connectivity index (χ0) is 12.4. The van der Waals surface area contributed by atoms with E-state index in [0.717, 1.165) is 24.5 Å². The highest BCUT2D eigenvalue weighted by molar-refractivity contribution is 5.84. The summed E-state index contributed by atoms with van der Waals surface area (Å²) in [5.41, 5.74) is 0.0681. The van der Waals surface area contributed by atoms with Gasteiger partial charge < -0.3 is 10.1 Å². The zero-order valence-electron chi connectivity index (χ0n) is 9.49. The Morgan fingerprint density at radius 3 is 2.71 bits per heavy atom. The Kier molecular flexibility index (Phi) is 2.95. The first-order valence-electron chi connectivity index (χ1n) is 5.51. The van der Waals surface area contributed by atoms with Gasteiger partial charge in [0.25, 0.3) is 5.56 Å². The number of benzene rings is 1. The van der Waals surface area contributed by atoms with Crippen molar-refractivity contribution in [2.45, 2.75) is 19.8 Å². The van der Waals surface area contributed by atoms with E-state index >= 15 is 0 Å². The van der Waals surface area contributed by atoms with Crippen molar-refractivity contribution in [3.8, 4) is 5.75 Å². The first-order valence-corrected chi connectivity index (χ1v) is 5.51. The van der Waals surface area contributed by atoms with Gasteiger partial charge in [-0.15, -0.1) is 0 Å². The second-order valence-corrected chi connectivity index (χ2v) is 3.98. The average molecular weight is 231 g/mol. The Morgan fingerprint density at radius 1 is 1.24 bits per heavy atom. The summed E-state index contributed by atoms with van der Waals surface area (Å²) in [4.78, 5) is 25.0. The molecule has 2 aromatic rings. The van der Waals surface area contributed by atoms with E-state index in [1.54, 1.807) is 12.1 Å². The maximum absolute atomic E-state index is 11.3. The van der Waals surface area contributed by atoms with Crippen LogP contribution in [0.25, 0.3) is 10.9 Å². The lowest BCUT2D eigenvalue weighted by Gasteiger charge is -2.00. The maximum atomic E-state index is 11.3. The molecule has 2 rings (SSSR count). The van der Waals surface area contributed by atoms with Gasteiger partial charge in [0, 0.05) is 11.5 Å². The molecule has 0 unspecified atom stereocenters. The topological polar surface area (TPSA) is 70.2 Å². The Morgan fingerprint density at radius 2 is 2.00 bits per heavy atom. The molecule has 0 radical (unpaired) electrons. The molecule has 17 heavy (non-hydrogen) atoms. The van der Waals surface area contributed by atoms with E-state index in [0.29, 0.717) is 10.9 Å². The van der Waals surface area contributed by atoms with Crippen LogP contribution >= 0.6 is 0 Å². The molecule has 4 heteroatoms. The Labute approximate surface area is 97.6 Å². The molecule has 0 bridgehead atoms. The molecule has 0 fully saturated rings. The molecule has 0 aliphatic heterocycles. The standard InChI is InChI=1S/C13H13NO3/c1-2-3-8-4-5-10-9(6-8)11(15)7-12(16)13(17)14-10/h4-7,15H,2-3H2,1H3,(H,14,16,17). The number of H-pyrrole nitrogens is 1. The van der Waals surface area contributed by atoms with E-state index in [4.69, 9.17) is 0 Å². The van der Waals surface area contributed by atoms with Crippen molar-refractivity contribution in [2.24, 2.45) is 0 Å². The minimum absolute atomic E-state index is 0.165. The van der Waals surface area contributed by atoms with Crippen LogP contribution < -0.4 is 11.0 Å². The van der Waals surface area contributed by atoms with E-state index in [-0.39, 0.29) is 5.75 Å². The van der Waals surface area contributed by atoms with Crippen molar-refractivity contribution < 1.29 is 5.11 Å². The van der Waals surface area contributed by atoms with Crippen LogP contribution in [-0.4, -0.2) is 10.1 Å². The number of aromatic nitrogens is 1. The van der Waals surface area contributed by atoms with Crippen molar-refractivity contribution in [3.63, 3.8) is 0 Å². The van der Waals surface area contributed by atoms with Crippen LogP contribution in [0.4, 0.5) is 0 Å². The van der Waals surface area contributed by atoms with Crippen molar-refractivity contribution >= 4 is 10.9 Å². The number of aryl methyl sites for hydroxylation is 1.